The van der Waals surface area contributed by atoms with E-state index in [0.717, 1.165) is 16.8 Å². The molecule has 134 valence electrons. The summed E-state index contributed by atoms with van der Waals surface area (Å²) in [4.78, 5) is 37.6. The van der Waals surface area contributed by atoms with Crippen molar-refractivity contribution in [2.24, 2.45) is 11.7 Å². The number of aryl methyl sites for hydroxylation is 2. The minimum Gasteiger partial charge on any atom is -0.366 e. The summed E-state index contributed by atoms with van der Waals surface area (Å²) in [6.45, 7) is 4.37. The Labute approximate surface area is 152 Å². The largest absolute Gasteiger partial charge is 0.366 e. The predicted octanol–water partition coefficient (Wildman–Crippen LogP) is 2.39. The van der Waals surface area contributed by atoms with Crippen LogP contribution < -0.4 is 16.0 Å². The van der Waals surface area contributed by atoms with Gasteiger partial charge in [-0.15, -0.1) is 0 Å². The molecule has 1 atom stereocenters. The van der Waals surface area contributed by atoms with Crippen molar-refractivity contribution in [3.05, 3.63) is 59.2 Å². The van der Waals surface area contributed by atoms with E-state index in [1.807, 2.05) is 32.0 Å². The van der Waals surface area contributed by atoms with E-state index in [9.17, 15) is 14.4 Å². The van der Waals surface area contributed by atoms with Crippen LogP contribution in [0.1, 0.15) is 27.9 Å². The first-order valence-corrected chi connectivity index (χ1v) is 8.43. The van der Waals surface area contributed by atoms with E-state index in [4.69, 9.17) is 5.73 Å². The van der Waals surface area contributed by atoms with Gasteiger partial charge in [0.05, 0.1) is 5.92 Å². The maximum atomic E-state index is 12.5. The van der Waals surface area contributed by atoms with Crippen molar-refractivity contribution in [1.29, 1.82) is 0 Å². The molecule has 2 aromatic carbocycles. The van der Waals surface area contributed by atoms with E-state index in [2.05, 4.69) is 5.32 Å². The Bertz CT molecular complexity index is 874. The lowest BCUT2D eigenvalue weighted by molar-refractivity contribution is -0.122. The summed E-state index contributed by atoms with van der Waals surface area (Å²) < 4.78 is 0. The van der Waals surface area contributed by atoms with Crippen LogP contribution in [0.15, 0.2) is 42.5 Å². The van der Waals surface area contributed by atoms with Crippen molar-refractivity contribution in [3.63, 3.8) is 0 Å². The molecule has 0 saturated carbocycles. The number of nitrogens with one attached hydrogen (secondary N) is 1. The van der Waals surface area contributed by atoms with E-state index in [1.165, 1.54) is 0 Å². The second kappa shape index (κ2) is 7.00. The van der Waals surface area contributed by atoms with Gasteiger partial charge in [0.1, 0.15) is 0 Å². The van der Waals surface area contributed by atoms with Gasteiger partial charge in [-0.05, 0) is 61.4 Å². The number of hydrogen-bond donors (Lipinski definition) is 2. The van der Waals surface area contributed by atoms with Crippen molar-refractivity contribution in [2.45, 2.75) is 20.3 Å². The fourth-order valence-electron chi connectivity index (χ4n) is 2.99. The van der Waals surface area contributed by atoms with E-state index in [-0.39, 0.29) is 18.2 Å². The van der Waals surface area contributed by atoms with Crippen molar-refractivity contribution in [2.75, 3.05) is 16.8 Å². The molecule has 0 aromatic heterocycles. The topological polar surface area (TPSA) is 92.5 Å². The monoisotopic (exact) mass is 351 g/mol. The van der Waals surface area contributed by atoms with Gasteiger partial charge in [-0.1, -0.05) is 6.07 Å². The molecule has 6 nitrogen and oxygen atoms in total. The van der Waals surface area contributed by atoms with Gasteiger partial charge in [-0.25, -0.2) is 0 Å². The third-order valence-corrected chi connectivity index (χ3v) is 4.73. The zero-order valence-corrected chi connectivity index (χ0v) is 14.8. The highest BCUT2D eigenvalue weighted by Gasteiger charge is 2.35. The molecule has 0 aliphatic carbocycles. The summed E-state index contributed by atoms with van der Waals surface area (Å²) in [5.74, 6) is -1.21. The summed E-state index contributed by atoms with van der Waals surface area (Å²) >= 11 is 0. The molecule has 1 heterocycles. The molecule has 3 amide bonds. The highest BCUT2D eigenvalue weighted by Crippen LogP contribution is 2.27. The van der Waals surface area contributed by atoms with Gasteiger partial charge in [-0.2, -0.15) is 0 Å². The standard InChI is InChI=1S/C20H21N3O3/c1-12-3-8-17(9-13(12)2)23-11-15(10-18(23)24)20(26)22-16-6-4-14(5-7-16)19(21)25/h3-9,15H,10-11H2,1-2H3,(H2,21,25)(H,22,26)/t15-/m1/s1. The molecule has 3 rings (SSSR count). The summed E-state index contributed by atoms with van der Waals surface area (Å²) in [5, 5.41) is 2.79. The molecule has 0 radical (unpaired) electrons. The smallest absolute Gasteiger partial charge is 0.248 e. The summed E-state index contributed by atoms with van der Waals surface area (Å²) in [6.07, 6.45) is 0.179. The first kappa shape index (κ1) is 17.7. The van der Waals surface area contributed by atoms with Crippen LogP contribution in [0.2, 0.25) is 0 Å². The number of anilines is 2. The van der Waals surface area contributed by atoms with Crippen molar-refractivity contribution >= 4 is 29.1 Å². The molecular formula is C20H21N3O3. The average molecular weight is 351 g/mol. The first-order chi connectivity index (χ1) is 12.3. The Morgan fingerprint density at radius 1 is 1.08 bits per heavy atom. The van der Waals surface area contributed by atoms with Crippen molar-refractivity contribution in [1.82, 2.24) is 0 Å². The Kier molecular flexibility index (Phi) is 4.75. The van der Waals surface area contributed by atoms with Gasteiger partial charge in [0, 0.05) is 29.9 Å². The predicted molar refractivity (Wildman–Crippen MR) is 100.0 cm³/mol. The molecule has 0 bridgehead atoms. The first-order valence-electron chi connectivity index (χ1n) is 8.43. The highest BCUT2D eigenvalue weighted by atomic mass is 16.2. The van der Waals surface area contributed by atoms with Crippen molar-refractivity contribution in [3.8, 4) is 0 Å². The molecule has 1 aliphatic rings. The zero-order chi connectivity index (χ0) is 18.8. The van der Waals surface area contributed by atoms with Gasteiger partial charge in [0.2, 0.25) is 17.7 Å². The van der Waals surface area contributed by atoms with Crippen molar-refractivity contribution < 1.29 is 14.4 Å². The number of rotatable bonds is 4. The van der Waals surface area contributed by atoms with Gasteiger partial charge in [-0.3, -0.25) is 14.4 Å². The number of hydrogen-bond acceptors (Lipinski definition) is 3. The maximum absolute atomic E-state index is 12.5. The number of nitrogens with zero attached hydrogens (tertiary/aromatic N) is 1. The quantitative estimate of drug-likeness (QED) is 0.886. The molecule has 26 heavy (non-hydrogen) atoms. The summed E-state index contributed by atoms with van der Waals surface area (Å²) in [7, 11) is 0. The fourth-order valence-corrected chi connectivity index (χ4v) is 2.99. The number of carbonyl (C=O) groups excluding carboxylic acids is 3. The number of carbonyl (C=O) groups is 3. The van der Waals surface area contributed by atoms with Crippen LogP contribution in [-0.4, -0.2) is 24.3 Å². The second-order valence-electron chi connectivity index (χ2n) is 6.60. The average Bonchev–Trinajstić information content (AvgIpc) is 3.00. The number of nitrogens with two attached hydrogens (primary N) is 1. The van der Waals surface area contributed by atoms with Crippen LogP contribution in [0.5, 0.6) is 0 Å². The van der Waals surface area contributed by atoms with Crippen LogP contribution in [0, 0.1) is 19.8 Å². The summed E-state index contributed by atoms with van der Waals surface area (Å²) in [6, 6.07) is 12.2. The molecule has 6 heteroatoms. The Balaban J connectivity index is 1.68. The van der Waals surface area contributed by atoms with E-state index in [0.29, 0.717) is 17.8 Å². The molecule has 0 spiro atoms. The molecule has 1 saturated heterocycles. The molecule has 2 aromatic rings. The summed E-state index contributed by atoms with van der Waals surface area (Å²) in [5.41, 5.74) is 9.23. The minimum atomic E-state index is -0.520. The van der Waals surface area contributed by atoms with Gasteiger partial charge in [0.25, 0.3) is 0 Å². The van der Waals surface area contributed by atoms with Gasteiger partial charge < -0.3 is 16.0 Å². The molecule has 1 fully saturated rings. The normalized spacial score (nSPS) is 16.6. The lowest BCUT2D eigenvalue weighted by Crippen LogP contribution is -2.28. The van der Waals surface area contributed by atoms with E-state index in [1.54, 1.807) is 29.2 Å². The van der Waals surface area contributed by atoms with E-state index >= 15 is 0 Å². The SMILES string of the molecule is Cc1ccc(N2C[C@H](C(=O)Nc3ccc(C(N)=O)cc3)CC2=O)cc1C. The van der Waals surface area contributed by atoms with Crippen LogP contribution in [0.25, 0.3) is 0 Å². The number of primary amides is 1. The van der Waals surface area contributed by atoms with Gasteiger partial charge >= 0.3 is 0 Å². The Hall–Kier alpha value is -3.15. The number of amides is 3. The van der Waals surface area contributed by atoms with E-state index < -0.39 is 11.8 Å². The van der Waals surface area contributed by atoms with Gasteiger partial charge in [0.15, 0.2) is 0 Å². The molecular weight excluding hydrogens is 330 g/mol. The minimum absolute atomic E-state index is 0.0579. The third kappa shape index (κ3) is 3.59. The van der Waals surface area contributed by atoms with Crippen LogP contribution in [0.4, 0.5) is 11.4 Å². The van der Waals surface area contributed by atoms with Crippen LogP contribution in [-0.2, 0) is 9.59 Å². The lowest BCUT2D eigenvalue weighted by Gasteiger charge is -2.18. The van der Waals surface area contributed by atoms with Crippen LogP contribution in [0.3, 0.4) is 0 Å². The second-order valence-corrected chi connectivity index (χ2v) is 6.60. The molecule has 1 aliphatic heterocycles. The number of benzene rings is 2. The third-order valence-electron chi connectivity index (χ3n) is 4.73. The Morgan fingerprint density at radius 2 is 1.77 bits per heavy atom. The van der Waals surface area contributed by atoms with Crippen LogP contribution >= 0.6 is 0 Å². The maximum Gasteiger partial charge on any atom is 0.248 e. The molecule has 3 N–H and O–H groups in total. The Morgan fingerprint density at radius 3 is 2.38 bits per heavy atom. The zero-order valence-electron chi connectivity index (χ0n) is 14.8. The fraction of sp³-hybridized carbons (Fsp3) is 0.250. The lowest BCUT2D eigenvalue weighted by atomic mass is 10.1. The highest BCUT2D eigenvalue weighted by molar-refractivity contribution is 6.03. The molecule has 0 unspecified atom stereocenters.